The highest BCUT2D eigenvalue weighted by molar-refractivity contribution is 7.88. The molecule has 2 heterocycles. The first kappa shape index (κ1) is 20.3. The highest BCUT2D eigenvalue weighted by Crippen LogP contribution is 2.39. The van der Waals surface area contributed by atoms with Crippen LogP contribution in [0.5, 0.6) is 0 Å². The third-order valence-corrected chi connectivity index (χ3v) is 7.21. The van der Waals surface area contributed by atoms with Crippen molar-refractivity contribution >= 4 is 15.9 Å². The van der Waals surface area contributed by atoms with Crippen molar-refractivity contribution in [3.8, 4) is 0 Å². The fourth-order valence-electron chi connectivity index (χ4n) is 4.21. The van der Waals surface area contributed by atoms with Crippen LogP contribution in [0.2, 0.25) is 0 Å². The van der Waals surface area contributed by atoms with Crippen molar-refractivity contribution in [2.45, 2.75) is 51.2 Å². The third kappa shape index (κ3) is 5.30. The molecular weight excluding hydrogens is 364 g/mol. The van der Waals surface area contributed by atoms with E-state index in [2.05, 4.69) is 5.32 Å². The molecule has 150 valence electrons. The molecule has 1 aromatic carbocycles. The molecule has 0 radical (unpaired) electrons. The Morgan fingerprint density at radius 2 is 2.00 bits per heavy atom. The SMILES string of the molecule is Cc1ccccc1CNC(=O)CC1CCOC2(CCN(S(C)(=O)=O)CC2)C1. The molecule has 0 aromatic heterocycles. The third-order valence-electron chi connectivity index (χ3n) is 5.91. The topological polar surface area (TPSA) is 75.7 Å². The van der Waals surface area contributed by atoms with Gasteiger partial charge in [-0.15, -0.1) is 0 Å². The van der Waals surface area contributed by atoms with E-state index in [-0.39, 0.29) is 11.5 Å². The molecule has 1 unspecified atom stereocenters. The zero-order valence-electron chi connectivity index (χ0n) is 16.2. The monoisotopic (exact) mass is 394 g/mol. The van der Waals surface area contributed by atoms with E-state index in [1.807, 2.05) is 31.2 Å². The highest BCUT2D eigenvalue weighted by atomic mass is 32.2. The molecule has 3 rings (SSSR count). The zero-order chi connectivity index (χ0) is 19.5. The Balaban J connectivity index is 1.50. The van der Waals surface area contributed by atoms with Crippen molar-refractivity contribution in [3.05, 3.63) is 35.4 Å². The summed E-state index contributed by atoms with van der Waals surface area (Å²) in [6.45, 7) is 4.26. The number of carbonyl (C=O) groups is 1. The van der Waals surface area contributed by atoms with Crippen LogP contribution in [0.4, 0.5) is 0 Å². The number of aryl methyl sites for hydroxylation is 1. The highest BCUT2D eigenvalue weighted by Gasteiger charge is 2.42. The fourth-order valence-corrected chi connectivity index (χ4v) is 5.06. The van der Waals surface area contributed by atoms with Crippen LogP contribution in [0.1, 0.15) is 43.2 Å². The second-order valence-corrected chi connectivity index (χ2v) is 9.94. The normalized spacial score (nSPS) is 23.3. The number of sulfonamides is 1. The van der Waals surface area contributed by atoms with Crippen LogP contribution in [-0.4, -0.2) is 50.2 Å². The van der Waals surface area contributed by atoms with E-state index in [4.69, 9.17) is 4.74 Å². The Morgan fingerprint density at radius 3 is 2.67 bits per heavy atom. The van der Waals surface area contributed by atoms with E-state index in [1.165, 1.54) is 16.1 Å². The molecule has 1 N–H and O–H groups in total. The molecule has 1 amide bonds. The second kappa shape index (κ2) is 8.29. The lowest BCUT2D eigenvalue weighted by molar-refractivity contribution is -0.132. The molecule has 2 fully saturated rings. The number of hydrogen-bond donors (Lipinski definition) is 1. The molecule has 2 aliphatic rings. The molecule has 1 atom stereocenters. The van der Waals surface area contributed by atoms with E-state index in [0.717, 1.165) is 18.4 Å². The largest absolute Gasteiger partial charge is 0.375 e. The van der Waals surface area contributed by atoms with Crippen LogP contribution in [0.25, 0.3) is 0 Å². The fraction of sp³-hybridized carbons (Fsp3) is 0.650. The van der Waals surface area contributed by atoms with Crippen LogP contribution in [-0.2, 0) is 26.1 Å². The Morgan fingerprint density at radius 1 is 1.30 bits per heavy atom. The van der Waals surface area contributed by atoms with Crippen LogP contribution in [0.3, 0.4) is 0 Å². The molecule has 0 aliphatic carbocycles. The predicted molar refractivity (Wildman–Crippen MR) is 105 cm³/mol. The molecule has 2 saturated heterocycles. The lowest BCUT2D eigenvalue weighted by atomic mass is 9.78. The van der Waals surface area contributed by atoms with Crippen LogP contribution < -0.4 is 5.32 Å². The Kier molecular flexibility index (Phi) is 6.23. The molecule has 0 saturated carbocycles. The van der Waals surface area contributed by atoms with Gasteiger partial charge in [0.2, 0.25) is 15.9 Å². The molecule has 6 nitrogen and oxygen atoms in total. The molecule has 2 aliphatic heterocycles. The maximum atomic E-state index is 12.4. The van der Waals surface area contributed by atoms with Crippen LogP contribution in [0, 0.1) is 12.8 Å². The zero-order valence-corrected chi connectivity index (χ0v) is 17.1. The number of ether oxygens (including phenoxy) is 1. The molecule has 1 aromatic rings. The summed E-state index contributed by atoms with van der Waals surface area (Å²) in [5, 5.41) is 3.04. The smallest absolute Gasteiger partial charge is 0.220 e. The molecule has 1 spiro atoms. The summed E-state index contributed by atoms with van der Waals surface area (Å²) in [6, 6.07) is 8.07. The van der Waals surface area contributed by atoms with Gasteiger partial charge in [-0.1, -0.05) is 24.3 Å². The van der Waals surface area contributed by atoms with Crippen molar-refractivity contribution in [2.75, 3.05) is 26.0 Å². The van der Waals surface area contributed by atoms with E-state index >= 15 is 0 Å². The number of benzene rings is 1. The molecule has 27 heavy (non-hydrogen) atoms. The van der Waals surface area contributed by atoms with Crippen molar-refractivity contribution < 1.29 is 17.9 Å². The first-order chi connectivity index (χ1) is 12.8. The first-order valence-electron chi connectivity index (χ1n) is 9.68. The van der Waals surface area contributed by atoms with Gasteiger partial charge in [-0.05, 0) is 49.7 Å². The van der Waals surface area contributed by atoms with Crippen LogP contribution >= 0.6 is 0 Å². The van der Waals surface area contributed by atoms with Gasteiger partial charge >= 0.3 is 0 Å². The summed E-state index contributed by atoms with van der Waals surface area (Å²) >= 11 is 0. The average molecular weight is 395 g/mol. The number of hydrogen-bond acceptors (Lipinski definition) is 4. The molecular formula is C20H30N2O4S. The van der Waals surface area contributed by atoms with Crippen molar-refractivity contribution in [1.29, 1.82) is 0 Å². The number of rotatable bonds is 5. The average Bonchev–Trinajstić information content (AvgIpc) is 2.61. The molecule has 7 heteroatoms. The Bertz CT molecular complexity index is 770. The van der Waals surface area contributed by atoms with Gasteiger partial charge < -0.3 is 10.1 Å². The number of amides is 1. The first-order valence-corrected chi connectivity index (χ1v) is 11.5. The lowest BCUT2D eigenvalue weighted by Crippen LogP contribution is -2.50. The maximum absolute atomic E-state index is 12.4. The van der Waals surface area contributed by atoms with Crippen molar-refractivity contribution in [2.24, 2.45) is 5.92 Å². The molecule has 0 bridgehead atoms. The van der Waals surface area contributed by atoms with Gasteiger partial charge in [-0.25, -0.2) is 12.7 Å². The minimum Gasteiger partial charge on any atom is -0.375 e. The van der Waals surface area contributed by atoms with Crippen LogP contribution in [0.15, 0.2) is 24.3 Å². The quantitative estimate of drug-likeness (QED) is 0.831. The van der Waals surface area contributed by atoms with Gasteiger partial charge in [0.15, 0.2) is 0 Å². The lowest BCUT2D eigenvalue weighted by Gasteiger charge is -2.45. The second-order valence-electron chi connectivity index (χ2n) is 7.96. The van der Waals surface area contributed by atoms with Gasteiger partial charge in [-0.2, -0.15) is 0 Å². The van der Waals surface area contributed by atoms with Gasteiger partial charge in [0.1, 0.15) is 0 Å². The predicted octanol–water partition coefficient (Wildman–Crippen LogP) is 2.22. The van der Waals surface area contributed by atoms with Crippen molar-refractivity contribution in [1.82, 2.24) is 9.62 Å². The number of nitrogens with zero attached hydrogens (tertiary/aromatic N) is 1. The summed E-state index contributed by atoms with van der Waals surface area (Å²) in [7, 11) is -3.14. The van der Waals surface area contributed by atoms with E-state index in [9.17, 15) is 13.2 Å². The van der Waals surface area contributed by atoms with Gasteiger partial charge in [0, 0.05) is 32.7 Å². The van der Waals surface area contributed by atoms with E-state index in [1.54, 1.807) is 0 Å². The summed E-state index contributed by atoms with van der Waals surface area (Å²) in [6.07, 6.45) is 4.90. The van der Waals surface area contributed by atoms with Gasteiger partial charge in [0.25, 0.3) is 0 Å². The summed E-state index contributed by atoms with van der Waals surface area (Å²) in [5.74, 6) is 0.370. The summed E-state index contributed by atoms with van der Waals surface area (Å²) in [4.78, 5) is 12.4. The number of piperidine rings is 1. The van der Waals surface area contributed by atoms with Crippen molar-refractivity contribution in [3.63, 3.8) is 0 Å². The Labute approximate surface area is 162 Å². The standard InChI is InChI=1S/C20H30N2O4S/c1-16-5-3-4-6-18(16)15-21-19(23)13-17-7-12-26-20(14-17)8-10-22(11-9-20)27(2,24)25/h3-6,17H,7-15H2,1-2H3,(H,21,23). The van der Waals surface area contributed by atoms with E-state index < -0.39 is 10.0 Å². The Hall–Kier alpha value is -1.44. The van der Waals surface area contributed by atoms with E-state index in [0.29, 0.717) is 51.4 Å². The minimum atomic E-state index is -3.14. The minimum absolute atomic E-state index is 0.0777. The van der Waals surface area contributed by atoms with Gasteiger partial charge in [0.05, 0.1) is 11.9 Å². The number of nitrogens with one attached hydrogen (secondary N) is 1. The van der Waals surface area contributed by atoms with Gasteiger partial charge in [-0.3, -0.25) is 4.79 Å². The summed E-state index contributed by atoms with van der Waals surface area (Å²) < 4.78 is 31.0. The number of carbonyl (C=O) groups excluding carboxylic acids is 1. The summed E-state index contributed by atoms with van der Waals surface area (Å²) in [5.41, 5.74) is 2.06. The maximum Gasteiger partial charge on any atom is 0.220 e.